The number of hydrogen-bond acceptors (Lipinski definition) is 3. The molecule has 0 radical (unpaired) electrons. The van der Waals surface area contributed by atoms with Crippen molar-refractivity contribution in [1.82, 2.24) is 10.2 Å². The smallest absolute Gasteiger partial charge is 0.317 e. The van der Waals surface area contributed by atoms with Crippen molar-refractivity contribution < 1.29 is 9.53 Å². The standard InChI is InChI=1S/C9H10N2O2/c1-2-13-9(12)5-3-4-8-6-10-11-7-8/h6-7H,2,5H2,1H3,(H,10,11). The van der Waals surface area contributed by atoms with Gasteiger partial charge in [-0.25, -0.2) is 0 Å². The zero-order valence-electron chi connectivity index (χ0n) is 7.33. The molecule has 4 heteroatoms. The monoisotopic (exact) mass is 178 g/mol. The molecular formula is C9H10N2O2. The first-order chi connectivity index (χ1) is 6.33. The third kappa shape index (κ3) is 3.43. The lowest BCUT2D eigenvalue weighted by Crippen LogP contribution is -2.01. The molecule has 1 rings (SSSR count). The number of esters is 1. The van der Waals surface area contributed by atoms with E-state index >= 15 is 0 Å². The predicted octanol–water partition coefficient (Wildman–Crippen LogP) is 0.714. The Morgan fingerprint density at radius 3 is 3.23 bits per heavy atom. The highest BCUT2D eigenvalue weighted by atomic mass is 16.5. The van der Waals surface area contributed by atoms with Gasteiger partial charge in [-0.3, -0.25) is 9.89 Å². The van der Waals surface area contributed by atoms with Gasteiger partial charge in [0.25, 0.3) is 0 Å². The van der Waals surface area contributed by atoms with E-state index in [2.05, 4.69) is 22.0 Å². The van der Waals surface area contributed by atoms with E-state index in [1.165, 1.54) is 0 Å². The number of aromatic amines is 1. The average molecular weight is 178 g/mol. The molecule has 0 aliphatic rings. The molecule has 0 saturated carbocycles. The molecule has 0 bridgehead atoms. The minimum absolute atomic E-state index is 0.124. The third-order valence-electron chi connectivity index (χ3n) is 1.27. The molecule has 0 amide bonds. The van der Waals surface area contributed by atoms with Crippen molar-refractivity contribution >= 4 is 5.97 Å². The molecule has 1 aromatic rings. The van der Waals surface area contributed by atoms with Crippen molar-refractivity contribution in [2.45, 2.75) is 13.3 Å². The molecule has 0 aliphatic carbocycles. The largest absolute Gasteiger partial charge is 0.465 e. The minimum atomic E-state index is -0.293. The number of H-pyrrole nitrogens is 1. The summed E-state index contributed by atoms with van der Waals surface area (Å²) < 4.78 is 4.70. The van der Waals surface area contributed by atoms with Gasteiger partial charge in [-0.2, -0.15) is 5.10 Å². The number of carbonyl (C=O) groups is 1. The van der Waals surface area contributed by atoms with Crippen LogP contribution in [0.25, 0.3) is 0 Å². The van der Waals surface area contributed by atoms with Crippen molar-refractivity contribution in [3.05, 3.63) is 18.0 Å². The van der Waals surface area contributed by atoms with Crippen molar-refractivity contribution in [3.63, 3.8) is 0 Å². The van der Waals surface area contributed by atoms with Crippen LogP contribution in [-0.4, -0.2) is 22.8 Å². The Hall–Kier alpha value is -1.76. The van der Waals surface area contributed by atoms with Gasteiger partial charge in [-0.05, 0) is 6.92 Å². The molecule has 0 saturated heterocycles. The summed E-state index contributed by atoms with van der Waals surface area (Å²) in [6, 6.07) is 0. The first-order valence-electron chi connectivity index (χ1n) is 3.96. The number of nitrogens with zero attached hydrogens (tertiary/aromatic N) is 1. The Labute approximate surface area is 76.3 Å². The topological polar surface area (TPSA) is 55.0 Å². The highest BCUT2D eigenvalue weighted by Gasteiger charge is 1.95. The summed E-state index contributed by atoms with van der Waals surface area (Å²) in [4.78, 5) is 10.8. The first-order valence-corrected chi connectivity index (χ1v) is 3.96. The SMILES string of the molecule is CCOC(=O)CC#Cc1cn[nH]c1. The number of carbonyl (C=O) groups excluding carboxylic acids is 1. The van der Waals surface area contributed by atoms with Crippen molar-refractivity contribution in [1.29, 1.82) is 0 Å². The Morgan fingerprint density at radius 1 is 1.77 bits per heavy atom. The summed E-state index contributed by atoms with van der Waals surface area (Å²) in [5, 5.41) is 6.34. The van der Waals surface area contributed by atoms with Crippen LogP contribution in [0.3, 0.4) is 0 Å². The van der Waals surface area contributed by atoms with Crippen molar-refractivity contribution in [3.8, 4) is 11.8 Å². The molecule has 0 spiro atoms. The molecule has 0 atom stereocenters. The van der Waals surface area contributed by atoms with Gasteiger partial charge in [0.2, 0.25) is 0 Å². The maximum atomic E-state index is 10.8. The summed E-state index contributed by atoms with van der Waals surface area (Å²) in [5.41, 5.74) is 0.768. The van der Waals surface area contributed by atoms with Crippen LogP contribution in [0, 0.1) is 11.8 Å². The molecule has 0 fully saturated rings. The van der Waals surface area contributed by atoms with E-state index in [0.717, 1.165) is 5.56 Å². The number of ether oxygens (including phenoxy) is 1. The van der Waals surface area contributed by atoms with Crippen LogP contribution in [0.2, 0.25) is 0 Å². The quantitative estimate of drug-likeness (QED) is 0.536. The lowest BCUT2D eigenvalue weighted by molar-refractivity contribution is -0.141. The molecule has 68 valence electrons. The van der Waals surface area contributed by atoms with Crippen molar-refractivity contribution in [2.24, 2.45) is 0 Å². The van der Waals surface area contributed by atoms with Crippen molar-refractivity contribution in [2.75, 3.05) is 6.61 Å². The molecule has 13 heavy (non-hydrogen) atoms. The average Bonchev–Trinajstić information content (AvgIpc) is 2.57. The Kier molecular flexibility index (Phi) is 3.58. The van der Waals surface area contributed by atoms with Gasteiger partial charge in [-0.1, -0.05) is 11.8 Å². The van der Waals surface area contributed by atoms with E-state index in [0.29, 0.717) is 6.61 Å². The number of hydrogen-bond donors (Lipinski definition) is 1. The zero-order chi connectivity index (χ0) is 9.52. The summed E-state index contributed by atoms with van der Waals surface area (Å²) >= 11 is 0. The molecule has 1 aromatic heterocycles. The lowest BCUT2D eigenvalue weighted by atomic mass is 10.3. The summed E-state index contributed by atoms with van der Waals surface area (Å²) in [6.45, 7) is 2.16. The number of nitrogens with one attached hydrogen (secondary N) is 1. The van der Waals surface area contributed by atoms with Gasteiger partial charge in [0.15, 0.2) is 0 Å². The van der Waals surface area contributed by atoms with E-state index in [1.54, 1.807) is 19.3 Å². The van der Waals surface area contributed by atoms with Crippen LogP contribution in [0.5, 0.6) is 0 Å². The van der Waals surface area contributed by atoms with Gasteiger partial charge in [0.05, 0.1) is 18.4 Å². The maximum Gasteiger partial charge on any atom is 0.317 e. The van der Waals surface area contributed by atoms with Gasteiger partial charge >= 0.3 is 5.97 Å². The molecule has 1 N–H and O–H groups in total. The van der Waals surface area contributed by atoms with Gasteiger partial charge < -0.3 is 4.74 Å². The summed E-state index contributed by atoms with van der Waals surface area (Å²) in [5.74, 6) is 5.16. The second kappa shape index (κ2) is 4.99. The Morgan fingerprint density at radius 2 is 2.62 bits per heavy atom. The fraction of sp³-hybridized carbons (Fsp3) is 0.333. The van der Waals surface area contributed by atoms with E-state index in [9.17, 15) is 4.79 Å². The van der Waals surface area contributed by atoms with Crippen LogP contribution < -0.4 is 0 Å². The van der Waals surface area contributed by atoms with Crippen LogP contribution in [0.15, 0.2) is 12.4 Å². The van der Waals surface area contributed by atoms with Crippen LogP contribution >= 0.6 is 0 Å². The first kappa shape index (κ1) is 9.33. The number of aromatic nitrogens is 2. The van der Waals surface area contributed by atoms with E-state index in [1.807, 2.05) is 0 Å². The van der Waals surface area contributed by atoms with Gasteiger partial charge in [0, 0.05) is 6.20 Å². The van der Waals surface area contributed by atoms with Gasteiger partial charge in [-0.15, -0.1) is 0 Å². The number of rotatable bonds is 2. The van der Waals surface area contributed by atoms with Crippen LogP contribution in [0.4, 0.5) is 0 Å². The fourth-order valence-electron chi connectivity index (χ4n) is 0.750. The highest BCUT2D eigenvalue weighted by Crippen LogP contribution is 1.90. The fourth-order valence-corrected chi connectivity index (χ4v) is 0.750. The normalized spacial score (nSPS) is 8.69. The van der Waals surface area contributed by atoms with E-state index in [4.69, 9.17) is 4.74 Å². The maximum absolute atomic E-state index is 10.8. The molecule has 0 aromatic carbocycles. The molecule has 0 unspecified atom stereocenters. The molecule has 0 aliphatic heterocycles. The second-order valence-electron chi connectivity index (χ2n) is 2.27. The minimum Gasteiger partial charge on any atom is -0.465 e. The van der Waals surface area contributed by atoms with E-state index in [-0.39, 0.29) is 12.4 Å². The zero-order valence-corrected chi connectivity index (χ0v) is 7.33. The Balaban J connectivity index is 2.37. The molecule has 4 nitrogen and oxygen atoms in total. The third-order valence-corrected chi connectivity index (χ3v) is 1.27. The van der Waals surface area contributed by atoms with E-state index < -0.39 is 0 Å². The molecule has 1 heterocycles. The molecular weight excluding hydrogens is 168 g/mol. The Bertz CT molecular complexity index is 319. The van der Waals surface area contributed by atoms with Crippen LogP contribution in [0.1, 0.15) is 18.9 Å². The van der Waals surface area contributed by atoms with Crippen LogP contribution in [-0.2, 0) is 9.53 Å². The second-order valence-corrected chi connectivity index (χ2v) is 2.27. The predicted molar refractivity (Wildman–Crippen MR) is 46.7 cm³/mol. The lowest BCUT2D eigenvalue weighted by Gasteiger charge is -1.94. The summed E-state index contributed by atoms with van der Waals surface area (Å²) in [6.07, 6.45) is 3.38. The van der Waals surface area contributed by atoms with Gasteiger partial charge in [0.1, 0.15) is 6.42 Å². The summed E-state index contributed by atoms with van der Waals surface area (Å²) in [7, 11) is 0. The highest BCUT2D eigenvalue weighted by molar-refractivity contribution is 5.72.